The van der Waals surface area contributed by atoms with Crippen LogP contribution in [0.1, 0.15) is 26.2 Å². The van der Waals surface area contributed by atoms with Crippen LogP contribution in [0.2, 0.25) is 0 Å². The number of hydrogen-bond donors (Lipinski definition) is 0. The fraction of sp³-hybridized carbons (Fsp3) is 0.833. The summed E-state index contributed by atoms with van der Waals surface area (Å²) in [5.74, 6) is 0.921. The van der Waals surface area contributed by atoms with Crippen LogP contribution < -0.4 is 0 Å². The fourth-order valence-corrected chi connectivity index (χ4v) is 0.960. The normalized spacial score (nSPS) is 25.5. The molecule has 1 rings (SSSR count). The SMILES string of the molecule is CC1[CH]CCC1. The van der Waals surface area contributed by atoms with Crippen molar-refractivity contribution in [3.8, 4) is 0 Å². The van der Waals surface area contributed by atoms with Gasteiger partial charge in [-0.25, -0.2) is 0 Å². The van der Waals surface area contributed by atoms with E-state index in [0.29, 0.717) is 0 Å². The van der Waals surface area contributed by atoms with Crippen LogP contribution >= 0.6 is 0 Å². The second kappa shape index (κ2) is 1.63. The Hall–Kier alpha value is 0. The molecule has 0 heteroatoms. The monoisotopic (exact) mass is 83.1 g/mol. The molecule has 0 aromatic heterocycles. The van der Waals surface area contributed by atoms with Gasteiger partial charge in [0.15, 0.2) is 0 Å². The minimum absolute atomic E-state index is 0.921. The van der Waals surface area contributed by atoms with Gasteiger partial charge in [0.05, 0.1) is 0 Å². The quantitative estimate of drug-likeness (QED) is 0.420. The molecule has 0 amide bonds. The molecule has 6 heavy (non-hydrogen) atoms. The van der Waals surface area contributed by atoms with E-state index in [2.05, 4.69) is 13.3 Å². The van der Waals surface area contributed by atoms with Gasteiger partial charge in [-0.2, -0.15) is 0 Å². The molecule has 0 aliphatic heterocycles. The van der Waals surface area contributed by atoms with E-state index in [1.54, 1.807) is 0 Å². The van der Waals surface area contributed by atoms with Crippen LogP contribution in [0.25, 0.3) is 0 Å². The third-order valence-corrected chi connectivity index (χ3v) is 1.43. The molecule has 35 valence electrons. The summed E-state index contributed by atoms with van der Waals surface area (Å²) in [6.45, 7) is 2.28. The van der Waals surface area contributed by atoms with Gasteiger partial charge in [0.25, 0.3) is 0 Å². The lowest BCUT2D eigenvalue weighted by Crippen LogP contribution is -1.79. The zero-order valence-corrected chi connectivity index (χ0v) is 4.28. The Morgan fingerprint density at radius 1 is 1.67 bits per heavy atom. The summed E-state index contributed by atoms with van der Waals surface area (Å²) in [7, 11) is 0. The minimum Gasteiger partial charge on any atom is -0.0622 e. The van der Waals surface area contributed by atoms with Gasteiger partial charge in [0.1, 0.15) is 0 Å². The Balaban J connectivity index is 2.18. The maximum absolute atomic E-state index is 2.40. The Morgan fingerprint density at radius 2 is 2.50 bits per heavy atom. The van der Waals surface area contributed by atoms with Crippen LogP contribution in [0.4, 0.5) is 0 Å². The molecule has 0 aromatic carbocycles. The molecule has 1 atom stereocenters. The molecule has 1 fully saturated rings. The molecular formula is C6H11. The van der Waals surface area contributed by atoms with E-state index in [0.717, 1.165) is 5.92 Å². The third-order valence-electron chi connectivity index (χ3n) is 1.43. The topological polar surface area (TPSA) is 0 Å². The summed E-state index contributed by atoms with van der Waals surface area (Å²) >= 11 is 0. The highest BCUT2D eigenvalue weighted by molar-refractivity contribution is 4.79. The number of hydrogen-bond acceptors (Lipinski definition) is 0. The lowest BCUT2D eigenvalue weighted by atomic mass is 10.2. The molecule has 0 heterocycles. The van der Waals surface area contributed by atoms with Crippen LogP contribution in [0, 0.1) is 12.3 Å². The van der Waals surface area contributed by atoms with Crippen molar-refractivity contribution in [1.82, 2.24) is 0 Å². The molecular weight excluding hydrogens is 72.1 g/mol. The first-order valence-electron chi connectivity index (χ1n) is 2.73. The maximum Gasteiger partial charge on any atom is -0.0358 e. The Labute approximate surface area is 39.6 Å². The molecule has 1 aliphatic carbocycles. The Morgan fingerprint density at radius 3 is 2.67 bits per heavy atom. The predicted octanol–water partition coefficient (Wildman–Crippen LogP) is 2.01. The van der Waals surface area contributed by atoms with Crippen molar-refractivity contribution in [2.75, 3.05) is 0 Å². The average Bonchev–Trinajstić information content (AvgIpc) is 1.86. The van der Waals surface area contributed by atoms with Gasteiger partial charge < -0.3 is 0 Å². The molecule has 1 aliphatic rings. The summed E-state index contributed by atoms with van der Waals surface area (Å²) in [5, 5.41) is 0. The van der Waals surface area contributed by atoms with Crippen molar-refractivity contribution in [1.29, 1.82) is 0 Å². The highest BCUT2D eigenvalue weighted by atomic mass is 14.1. The van der Waals surface area contributed by atoms with Gasteiger partial charge in [0.2, 0.25) is 0 Å². The smallest absolute Gasteiger partial charge is 0.0358 e. The summed E-state index contributed by atoms with van der Waals surface area (Å²) in [4.78, 5) is 0. The zero-order valence-electron chi connectivity index (χ0n) is 4.28. The fourth-order valence-electron chi connectivity index (χ4n) is 0.960. The van der Waals surface area contributed by atoms with E-state index in [-0.39, 0.29) is 0 Å². The summed E-state index contributed by atoms with van der Waals surface area (Å²) < 4.78 is 0. The average molecular weight is 83.2 g/mol. The summed E-state index contributed by atoms with van der Waals surface area (Å²) in [5.41, 5.74) is 0. The summed E-state index contributed by atoms with van der Waals surface area (Å²) in [6.07, 6.45) is 6.63. The van der Waals surface area contributed by atoms with E-state index in [1.807, 2.05) is 0 Å². The van der Waals surface area contributed by atoms with Gasteiger partial charge in [-0.15, -0.1) is 0 Å². The number of rotatable bonds is 0. The summed E-state index contributed by atoms with van der Waals surface area (Å²) in [6, 6.07) is 0. The third kappa shape index (κ3) is 0.735. The zero-order chi connectivity index (χ0) is 4.41. The van der Waals surface area contributed by atoms with Gasteiger partial charge >= 0.3 is 0 Å². The van der Waals surface area contributed by atoms with Gasteiger partial charge in [-0.1, -0.05) is 19.8 Å². The van der Waals surface area contributed by atoms with Crippen molar-refractivity contribution in [3.63, 3.8) is 0 Å². The highest BCUT2D eigenvalue weighted by Crippen LogP contribution is 2.21. The van der Waals surface area contributed by atoms with Crippen LogP contribution in [0.15, 0.2) is 0 Å². The standard InChI is InChI=1S/C6H11/c1-6-4-2-3-5-6/h4,6H,2-3,5H2,1H3. The molecule has 0 saturated heterocycles. The van der Waals surface area contributed by atoms with Crippen molar-refractivity contribution in [2.45, 2.75) is 26.2 Å². The molecule has 0 N–H and O–H groups in total. The lowest BCUT2D eigenvalue weighted by molar-refractivity contribution is 0.692. The predicted molar refractivity (Wildman–Crippen MR) is 27.3 cm³/mol. The highest BCUT2D eigenvalue weighted by Gasteiger charge is 2.07. The molecule has 1 radical (unpaired) electrons. The minimum atomic E-state index is 0.921. The maximum atomic E-state index is 2.40. The lowest BCUT2D eigenvalue weighted by Gasteiger charge is -1.90. The molecule has 0 nitrogen and oxygen atoms in total. The molecule has 0 bridgehead atoms. The van der Waals surface area contributed by atoms with Crippen molar-refractivity contribution >= 4 is 0 Å². The first-order valence-corrected chi connectivity index (χ1v) is 2.73. The van der Waals surface area contributed by atoms with Crippen LogP contribution in [-0.4, -0.2) is 0 Å². The van der Waals surface area contributed by atoms with E-state index in [9.17, 15) is 0 Å². The Kier molecular flexibility index (Phi) is 1.13. The second-order valence-corrected chi connectivity index (χ2v) is 2.14. The van der Waals surface area contributed by atoms with Crippen LogP contribution in [0.5, 0.6) is 0 Å². The largest absolute Gasteiger partial charge is 0.0622 e. The Bertz CT molecular complexity index is 33.3. The van der Waals surface area contributed by atoms with E-state index < -0.39 is 0 Å². The molecule has 0 aromatic rings. The first kappa shape index (κ1) is 4.17. The second-order valence-electron chi connectivity index (χ2n) is 2.14. The van der Waals surface area contributed by atoms with Gasteiger partial charge in [-0.05, 0) is 18.8 Å². The van der Waals surface area contributed by atoms with Crippen molar-refractivity contribution < 1.29 is 0 Å². The van der Waals surface area contributed by atoms with Crippen molar-refractivity contribution in [2.24, 2.45) is 5.92 Å². The van der Waals surface area contributed by atoms with Gasteiger partial charge in [0, 0.05) is 0 Å². The molecule has 1 unspecified atom stereocenters. The molecule has 0 spiro atoms. The van der Waals surface area contributed by atoms with Gasteiger partial charge in [-0.3, -0.25) is 0 Å². The van der Waals surface area contributed by atoms with Crippen LogP contribution in [-0.2, 0) is 0 Å². The molecule has 1 saturated carbocycles. The van der Waals surface area contributed by atoms with E-state index in [4.69, 9.17) is 0 Å². The van der Waals surface area contributed by atoms with E-state index in [1.165, 1.54) is 19.3 Å². The first-order chi connectivity index (χ1) is 2.89. The van der Waals surface area contributed by atoms with Crippen LogP contribution in [0.3, 0.4) is 0 Å². The van der Waals surface area contributed by atoms with E-state index >= 15 is 0 Å². The van der Waals surface area contributed by atoms with Crippen molar-refractivity contribution in [3.05, 3.63) is 6.42 Å².